The SMILES string of the molecule is Cc1nc(N)sc1S(=O)(=O)N1CC(=O)NC(=O)C1C. The summed E-state index contributed by atoms with van der Waals surface area (Å²) in [5, 5.41) is 2.20. The maximum absolute atomic E-state index is 12.4. The average molecular weight is 304 g/mol. The summed E-state index contributed by atoms with van der Waals surface area (Å²) in [5.41, 5.74) is 5.73. The standard InChI is InChI=1S/C9H12N4O4S2/c1-4-8(18-9(10)11-4)19(16,17)13-3-6(14)12-7(15)5(13)2/h5H,3H2,1-2H3,(H2,10,11)(H,12,14,15). The summed E-state index contributed by atoms with van der Waals surface area (Å²) in [7, 11) is -3.96. The van der Waals surface area contributed by atoms with Gasteiger partial charge in [0.25, 0.3) is 10.0 Å². The van der Waals surface area contributed by atoms with E-state index in [0.717, 1.165) is 15.6 Å². The molecule has 0 bridgehead atoms. The highest BCUT2D eigenvalue weighted by molar-refractivity contribution is 7.91. The van der Waals surface area contributed by atoms with Crippen molar-refractivity contribution in [3.05, 3.63) is 5.69 Å². The van der Waals surface area contributed by atoms with Crippen LogP contribution in [0.15, 0.2) is 4.21 Å². The Morgan fingerprint density at radius 2 is 2.11 bits per heavy atom. The molecule has 1 aliphatic rings. The molecule has 1 unspecified atom stereocenters. The number of hydrogen-bond donors (Lipinski definition) is 2. The van der Waals surface area contributed by atoms with Crippen LogP contribution >= 0.6 is 11.3 Å². The first-order chi connectivity index (χ1) is 8.73. The minimum atomic E-state index is -3.96. The lowest BCUT2D eigenvalue weighted by molar-refractivity contribution is -0.136. The van der Waals surface area contributed by atoms with E-state index in [2.05, 4.69) is 10.3 Å². The molecule has 2 heterocycles. The fourth-order valence-electron chi connectivity index (χ4n) is 1.73. The van der Waals surface area contributed by atoms with Crippen LogP contribution in [0.3, 0.4) is 0 Å². The molecule has 1 fully saturated rings. The van der Waals surface area contributed by atoms with Crippen molar-refractivity contribution in [3.8, 4) is 0 Å². The first-order valence-electron chi connectivity index (χ1n) is 5.32. The predicted molar refractivity (Wildman–Crippen MR) is 67.8 cm³/mol. The molecule has 8 nitrogen and oxygen atoms in total. The number of carbonyl (C=O) groups excluding carboxylic acids is 2. The molecule has 1 atom stereocenters. The molecule has 19 heavy (non-hydrogen) atoms. The number of aryl methyl sites for hydroxylation is 1. The number of sulfonamides is 1. The zero-order chi connectivity index (χ0) is 14.4. The lowest BCUT2D eigenvalue weighted by Crippen LogP contribution is -2.58. The second-order valence-corrected chi connectivity index (χ2v) is 7.18. The van der Waals surface area contributed by atoms with Crippen molar-refractivity contribution in [2.24, 2.45) is 0 Å². The van der Waals surface area contributed by atoms with Crippen LogP contribution in [0.5, 0.6) is 0 Å². The number of piperazine rings is 1. The fraction of sp³-hybridized carbons (Fsp3) is 0.444. The van der Waals surface area contributed by atoms with E-state index < -0.39 is 34.4 Å². The Kier molecular flexibility index (Phi) is 3.32. The van der Waals surface area contributed by atoms with Crippen molar-refractivity contribution in [1.29, 1.82) is 0 Å². The van der Waals surface area contributed by atoms with Gasteiger partial charge in [-0.25, -0.2) is 13.4 Å². The summed E-state index contributed by atoms with van der Waals surface area (Å²) < 4.78 is 25.7. The van der Waals surface area contributed by atoms with Gasteiger partial charge in [0.15, 0.2) is 9.34 Å². The minimum Gasteiger partial charge on any atom is -0.375 e. The Morgan fingerprint density at radius 3 is 2.63 bits per heavy atom. The van der Waals surface area contributed by atoms with E-state index in [4.69, 9.17) is 5.73 Å². The van der Waals surface area contributed by atoms with E-state index in [1.54, 1.807) is 0 Å². The smallest absolute Gasteiger partial charge is 0.255 e. The maximum Gasteiger partial charge on any atom is 0.255 e. The molecule has 10 heteroatoms. The van der Waals surface area contributed by atoms with Crippen molar-refractivity contribution in [3.63, 3.8) is 0 Å². The van der Waals surface area contributed by atoms with Crippen molar-refractivity contribution < 1.29 is 18.0 Å². The van der Waals surface area contributed by atoms with Gasteiger partial charge in [0.2, 0.25) is 11.8 Å². The minimum absolute atomic E-state index is 0.0423. The molecule has 1 aromatic heterocycles. The van der Waals surface area contributed by atoms with Gasteiger partial charge >= 0.3 is 0 Å². The Balaban J connectivity index is 2.47. The molecule has 0 saturated carbocycles. The second-order valence-electron chi connectivity index (χ2n) is 4.06. The molecular weight excluding hydrogens is 292 g/mol. The largest absolute Gasteiger partial charge is 0.375 e. The maximum atomic E-state index is 12.4. The van der Waals surface area contributed by atoms with Gasteiger partial charge in [-0.15, -0.1) is 0 Å². The number of nitrogens with zero attached hydrogens (tertiary/aromatic N) is 2. The third-order valence-electron chi connectivity index (χ3n) is 2.69. The highest BCUT2D eigenvalue weighted by atomic mass is 32.2. The van der Waals surface area contributed by atoms with Crippen LogP contribution in [0.25, 0.3) is 0 Å². The number of imide groups is 1. The van der Waals surface area contributed by atoms with Gasteiger partial charge in [-0.3, -0.25) is 14.9 Å². The number of aromatic nitrogens is 1. The monoisotopic (exact) mass is 304 g/mol. The van der Waals surface area contributed by atoms with Crippen LogP contribution in [0, 0.1) is 6.92 Å². The van der Waals surface area contributed by atoms with Gasteiger partial charge in [-0.1, -0.05) is 11.3 Å². The summed E-state index contributed by atoms with van der Waals surface area (Å²) in [6.07, 6.45) is 0. The normalized spacial score (nSPS) is 21.5. The van der Waals surface area contributed by atoms with Crippen LogP contribution in [0.4, 0.5) is 5.13 Å². The highest BCUT2D eigenvalue weighted by Gasteiger charge is 2.40. The number of nitrogens with one attached hydrogen (secondary N) is 1. The Labute approximate surface area is 113 Å². The number of amides is 2. The highest BCUT2D eigenvalue weighted by Crippen LogP contribution is 2.29. The van der Waals surface area contributed by atoms with Gasteiger partial charge in [0.1, 0.15) is 6.04 Å². The molecule has 2 rings (SSSR count). The van der Waals surface area contributed by atoms with Crippen molar-refractivity contribution >= 4 is 38.3 Å². The van der Waals surface area contributed by atoms with Gasteiger partial charge in [-0.05, 0) is 13.8 Å². The van der Waals surface area contributed by atoms with Crippen molar-refractivity contribution in [1.82, 2.24) is 14.6 Å². The molecule has 0 radical (unpaired) electrons. The first-order valence-corrected chi connectivity index (χ1v) is 7.57. The summed E-state index contributed by atoms with van der Waals surface area (Å²) in [6.45, 7) is 2.53. The van der Waals surface area contributed by atoms with Crippen LogP contribution in [0.2, 0.25) is 0 Å². The lowest BCUT2D eigenvalue weighted by atomic mass is 10.2. The van der Waals surface area contributed by atoms with Gasteiger partial charge in [0, 0.05) is 0 Å². The first kappa shape index (κ1) is 13.9. The van der Waals surface area contributed by atoms with E-state index >= 15 is 0 Å². The molecule has 104 valence electrons. The lowest BCUT2D eigenvalue weighted by Gasteiger charge is -2.30. The van der Waals surface area contributed by atoms with Crippen LogP contribution < -0.4 is 11.1 Å². The van der Waals surface area contributed by atoms with Crippen LogP contribution in [0.1, 0.15) is 12.6 Å². The molecule has 0 aromatic carbocycles. The Hall–Kier alpha value is -1.52. The molecule has 2 amide bonds. The van der Waals surface area contributed by atoms with Crippen LogP contribution in [-0.2, 0) is 19.6 Å². The number of carbonyl (C=O) groups is 2. The molecule has 0 aliphatic carbocycles. The number of nitrogen functional groups attached to an aromatic ring is 1. The molecule has 1 saturated heterocycles. The average Bonchev–Trinajstić information content (AvgIpc) is 2.63. The third kappa shape index (κ3) is 2.33. The molecular formula is C9H12N4O4S2. The number of thiazole rings is 1. The number of rotatable bonds is 2. The van der Waals surface area contributed by atoms with Crippen LogP contribution in [-0.4, -0.2) is 42.1 Å². The zero-order valence-electron chi connectivity index (χ0n) is 10.2. The van der Waals surface area contributed by atoms with E-state index in [1.165, 1.54) is 13.8 Å². The van der Waals surface area contributed by atoms with E-state index in [-0.39, 0.29) is 15.0 Å². The second kappa shape index (κ2) is 4.54. The molecule has 1 aromatic rings. The summed E-state index contributed by atoms with van der Waals surface area (Å²) in [6, 6.07) is -0.953. The topological polar surface area (TPSA) is 122 Å². The quantitative estimate of drug-likeness (QED) is 0.681. The third-order valence-corrected chi connectivity index (χ3v) is 6.18. The summed E-state index contributed by atoms with van der Waals surface area (Å²) in [4.78, 5) is 26.7. The van der Waals surface area contributed by atoms with Gasteiger partial charge < -0.3 is 5.73 Å². The number of nitrogens with two attached hydrogens (primary N) is 1. The van der Waals surface area contributed by atoms with Crippen molar-refractivity contribution in [2.45, 2.75) is 24.1 Å². The summed E-state index contributed by atoms with van der Waals surface area (Å²) >= 11 is 0.813. The predicted octanol–water partition coefficient (Wildman–Crippen LogP) is -0.931. The number of hydrogen-bond acceptors (Lipinski definition) is 7. The molecule has 1 aliphatic heterocycles. The Bertz CT molecular complexity index is 651. The zero-order valence-corrected chi connectivity index (χ0v) is 11.8. The van der Waals surface area contributed by atoms with E-state index in [1.807, 2.05) is 0 Å². The fourth-order valence-corrected chi connectivity index (χ4v) is 4.69. The van der Waals surface area contributed by atoms with Gasteiger partial charge in [-0.2, -0.15) is 4.31 Å². The van der Waals surface area contributed by atoms with Crippen molar-refractivity contribution in [2.75, 3.05) is 12.3 Å². The molecule has 0 spiro atoms. The Morgan fingerprint density at radius 1 is 1.47 bits per heavy atom. The molecule has 3 N–H and O–H groups in total. The van der Waals surface area contributed by atoms with E-state index in [9.17, 15) is 18.0 Å². The summed E-state index contributed by atoms with van der Waals surface area (Å²) in [5.74, 6) is -1.29. The van der Waals surface area contributed by atoms with Gasteiger partial charge in [0.05, 0.1) is 12.2 Å². The number of anilines is 1. The van der Waals surface area contributed by atoms with E-state index in [0.29, 0.717) is 0 Å².